The molecule has 41 heteroatoms. The molecule has 147 heavy (non-hydrogen) atoms. The average molecular weight is 2130 g/mol. The van der Waals surface area contributed by atoms with E-state index in [1.54, 1.807) is 115 Å². The van der Waals surface area contributed by atoms with Crippen LogP contribution in [-0.4, -0.2) is 234 Å². The van der Waals surface area contributed by atoms with Gasteiger partial charge in [0.25, 0.3) is 23.6 Å². The second-order valence-electron chi connectivity index (χ2n) is 33.6. The summed E-state index contributed by atoms with van der Waals surface area (Å²) >= 11 is 18.1. The zero-order chi connectivity index (χ0) is 107. The fourth-order valence-corrected chi connectivity index (χ4v) is 16.9. The Bertz CT molecular complexity index is 6250. The number of nitrogens with zero attached hydrogens (tertiary/aromatic N) is 5. The van der Waals surface area contributed by atoms with Gasteiger partial charge in [0.05, 0.1) is 60.5 Å². The summed E-state index contributed by atoms with van der Waals surface area (Å²) in [6.45, 7) is 4.07. The molecule has 0 radical (unpaired) electrons. The largest absolute Gasteiger partial charge is 0.480 e. The highest BCUT2D eigenvalue weighted by atomic mass is 32.2. The Balaban J connectivity index is 0.000000228. The van der Waals surface area contributed by atoms with Gasteiger partial charge in [0.1, 0.15) is 24.2 Å². The second-order valence-corrected chi connectivity index (χ2v) is 38.6. The fraction of sp³-hybridized carbons (Fsp3) is 0.292. The predicted molar refractivity (Wildman–Crippen MR) is 594 cm³/mol. The van der Waals surface area contributed by atoms with Crippen molar-refractivity contribution >= 4 is 167 Å². The molecule has 0 unspecified atom stereocenters. The number of aliphatic carboxylic acids is 4. The van der Waals surface area contributed by atoms with Crippen LogP contribution in [0.25, 0.3) is 33.4 Å². The van der Waals surface area contributed by atoms with E-state index in [1.165, 1.54) is 35.7 Å². The van der Waals surface area contributed by atoms with Gasteiger partial charge in [-0.25, -0.2) is 38.9 Å². The van der Waals surface area contributed by atoms with Gasteiger partial charge in [0, 0.05) is 112 Å². The van der Waals surface area contributed by atoms with Gasteiger partial charge in [0.2, 0.25) is 11.8 Å². The number of nitrogens with one attached hydrogen (secondary N) is 10. The normalized spacial score (nSPS) is 12.1. The Labute approximate surface area is 887 Å². The summed E-state index contributed by atoms with van der Waals surface area (Å²) in [6, 6.07) is 61.2. The molecule has 0 spiro atoms. The van der Waals surface area contributed by atoms with Crippen molar-refractivity contribution in [3.63, 3.8) is 0 Å². The van der Waals surface area contributed by atoms with Gasteiger partial charge in [-0.15, -0.1) is 0 Å². The van der Waals surface area contributed by atoms with Crippen LogP contribution in [-0.2, 0) is 67.7 Å². The number of H-pyrrole nitrogens is 2. The highest BCUT2D eigenvalue weighted by Gasteiger charge is 2.28. The maximum Gasteiger partial charge on any atom is 0.335 e. The number of imidazole rings is 3. The van der Waals surface area contributed by atoms with E-state index in [-0.39, 0.29) is 53.3 Å². The summed E-state index contributed by atoms with van der Waals surface area (Å²) in [5, 5.41) is 77.8. The Morgan fingerprint density at radius 1 is 0.435 bits per heavy atom. The van der Waals surface area contributed by atoms with Crippen molar-refractivity contribution < 1.29 is 78.3 Å². The summed E-state index contributed by atoms with van der Waals surface area (Å²) in [7, 11) is 0. The molecule has 0 aliphatic rings. The average Bonchev–Trinajstić information content (AvgIpc) is 1.76. The third-order valence-electron chi connectivity index (χ3n) is 22.6. The number of aromatic carboxylic acids is 1. The molecular weight excluding hydrogens is 2010 g/mol. The molecule has 776 valence electrons. The first kappa shape index (κ1) is 118. The zero-order valence-corrected chi connectivity index (χ0v) is 87.6. The Morgan fingerprint density at radius 2 is 0.932 bits per heavy atom. The van der Waals surface area contributed by atoms with Crippen LogP contribution in [0, 0.1) is 24.2 Å². The van der Waals surface area contributed by atoms with Crippen LogP contribution in [0.5, 0.6) is 0 Å². The number of hydrogen-bond donors (Lipinski definition) is 21. The number of carboxylic acids is 5. The summed E-state index contributed by atoms with van der Waals surface area (Å²) < 4.78 is 2.08. The molecule has 3 heterocycles. The van der Waals surface area contributed by atoms with E-state index in [2.05, 4.69) is 140 Å². The van der Waals surface area contributed by atoms with E-state index in [9.17, 15) is 68.1 Å². The number of amides is 6. The van der Waals surface area contributed by atoms with E-state index < -0.39 is 83.8 Å². The number of carbonyl (C=O) groups is 11. The number of thioether (sulfide) groups is 4. The quantitative estimate of drug-likeness (QED) is 0.0157. The molecule has 0 bridgehead atoms. The van der Waals surface area contributed by atoms with E-state index in [1.807, 2.05) is 154 Å². The number of anilines is 3. The number of thiol groups is 3. The van der Waals surface area contributed by atoms with Crippen LogP contribution in [0.2, 0.25) is 0 Å². The lowest BCUT2D eigenvalue weighted by Crippen LogP contribution is -2.41. The van der Waals surface area contributed by atoms with E-state index in [0.29, 0.717) is 113 Å². The van der Waals surface area contributed by atoms with Crippen molar-refractivity contribution in [2.45, 2.75) is 114 Å². The number of aromatic nitrogens is 6. The summed E-state index contributed by atoms with van der Waals surface area (Å²) in [5.74, 6) is -3.64. The Hall–Kier alpha value is -13.8. The molecule has 7 atom stereocenters. The molecule has 21 N–H and O–H groups in total. The number of carboxylic acid groups (broad SMARTS) is 5. The van der Waals surface area contributed by atoms with Crippen molar-refractivity contribution in [2.24, 2.45) is 23.1 Å². The standard InChI is InChI=1S/C31H24N4O2.C29H33N5O3S.C16H23N3O4S2.C15H21N3O4S2.C15H23N3O3S2/c32-17-22-9-11-23(12-10-22)20-35-21-33-18-28(35)19-34-27-13-14-29(25-7-4-8-26(15-25)31(36)37)30(16-27)24-5-2-1-3-6-24;1-19-5-3-4-6-24(19)26-14-20(7-8-25(26)28(35)34-27(29(36)37)9-10-38-2)11-21(12-22-15-30-17-32-22)13-23-16-31-18-33-23;1-25-6-5-13(16(22)23)19-14(20)11-4-2-3-10(7-11)8-18-15(21)12(17)9-24;1-24-7-6-12(15(21)22)18-13(19)9-2-4-10(5-3-9)17-14(20)11(16)8-23;1-23-7-6-13(15(20)21)18-14(19)10-2-4-12(5-3-10)17-8-11(16)9-22/h1-16,18,21,34H,19-20H2,(H,36,37);3-8,14-18,21,27H,9-13H2,1-2H3,(H,30,32)(H,31,33)(H,34,35)(H,36,37);2-4,7,12-13,24H,5-6,8-9,17H2,1H3,(H,18,21)(H,19,20)(H,22,23);2-5,11-12,23H,6-8,16H2,1H3,(H,17,20)(H,18,19)(H,21,22);2-5,11,13,17,22H,6-9,16H2,1H3,(H,18,19)(H,20,21)/t;27-;12-,13-;11-,12-;11-,13+/m.0001/s1. The van der Waals surface area contributed by atoms with Crippen molar-refractivity contribution in [2.75, 3.05) is 87.8 Å². The minimum atomic E-state index is -1.07. The number of aromatic amines is 2. The lowest BCUT2D eigenvalue weighted by atomic mass is 9.87. The van der Waals surface area contributed by atoms with E-state index in [0.717, 1.165) is 97.8 Å². The van der Waals surface area contributed by atoms with Gasteiger partial charge in [0.15, 0.2) is 0 Å². The topological polar surface area (TPSA) is 562 Å². The first-order valence-corrected chi connectivity index (χ1v) is 54.0. The molecule has 0 saturated heterocycles. The zero-order valence-electron chi connectivity index (χ0n) is 81.7. The minimum absolute atomic E-state index is 0.0472. The van der Waals surface area contributed by atoms with Crippen LogP contribution in [0.15, 0.2) is 250 Å². The molecule has 3 aromatic heterocycles. The first-order valence-electron chi connectivity index (χ1n) is 46.5. The molecule has 0 aliphatic heterocycles. The van der Waals surface area contributed by atoms with Gasteiger partial charge >= 0.3 is 29.8 Å². The number of carbonyl (C=O) groups excluding carboxylic acids is 6. The van der Waals surface area contributed by atoms with Crippen LogP contribution in [0.3, 0.4) is 0 Å². The Morgan fingerprint density at radius 3 is 1.44 bits per heavy atom. The maximum absolute atomic E-state index is 13.4. The Kier molecular flexibility index (Phi) is 51.2. The maximum atomic E-state index is 13.4. The first-order chi connectivity index (χ1) is 70.8. The summed E-state index contributed by atoms with van der Waals surface area (Å²) in [4.78, 5) is 149. The molecule has 34 nitrogen and oxygen atoms in total. The molecule has 0 aliphatic carbocycles. The van der Waals surface area contributed by atoms with Crippen LogP contribution >= 0.6 is 84.9 Å². The van der Waals surface area contributed by atoms with Crippen molar-refractivity contribution in [1.29, 1.82) is 5.26 Å². The van der Waals surface area contributed by atoms with Gasteiger partial charge in [-0.3, -0.25) is 28.8 Å². The third-order valence-corrected chi connectivity index (χ3v) is 26.4. The monoisotopic (exact) mass is 2130 g/mol. The number of nitriles is 1. The van der Waals surface area contributed by atoms with E-state index >= 15 is 0 Å². The molecule has 0 saturated carbocycles. The van der Waals surface area contributed by atoms with Crippen LogP contribution in [0.4, 0.5) is 17.1 Å². The fourth-order valence-electron chi connectivity index (χ4n) is 14.5. The highest BCUT2D eigenvalue weighted by molar-refractivity contribution is 7.99. The number of rotatable bonds is 50. The SMILES string of the molecule is CSCC[C@H](NC(=O)c1ccc(CC(Cc2cnc[nH]2)Cc2cnc[nH]2)cc1-c1ccccc1C)C(=O)O.CSCC[C@H](NC(=O)c1ccc(NC(=O)[C@@H](N)CS)cc1)C(=O)O.CSCC[C@H](NC(=O)c1ccc(NC[C@@H](N)CS)cc1)C(=O)O.CSCC[C@H](NC(=O)c1cccc(CNC(=O)[C@@H](N)CS)c1)C(=O)O.N#Cc1ccc(Cn2cncc2CNc2ccc(-c3cccc(C(=O)O)c3)c(-c3ccccc3)c2)cc1. The number of hydrogen-bond acceptors (Lipinski definition) is 27. The second kappa shape index (κ2) is 63.6. The van der Waals surface area contributed by atoms with Crippen molar-refractivity contribution in [1.82, 2.24) is 56.1 Å². The molecule has 12 rings (SSSR count). The summed E-state index contributed by atoms with van der Waals surface area (Å²) in [5.41, 5.74) is 34.3. The lowest BCUT2D eigenvalue weighted by Gasteiger charge is -2.19. The predicted octanol–water partition coefficient (Wildman–Crippen LogP) is 13.7. The smallest absolute Gasteiger partial charge is 0.335 e. The number of aryl methyl sites for hydroxylation is 1. The van der Waals surface area contributed by atoms with Gasteiger partial charge in [-0.1, -0.05) is 109 Å². The number of nitrogens with two attached hydrogens (primary N) is 3. The molecule has 12 aromatic rings. The minimum Gasteiger partial charge on any atom is -0.480 e. The molecule has 0 fully saturated rings. The van der Waals surface area contributed by atoms with Gasteiger partial charge in [-0.05, 0) is 265 Å². The van der Waals surface area contributed by atoms with Crippen LogP contribution in [0.1, 0.15) is 122 Å². The van der Waals surface area contributed by atoms with Gasteiger partial charge in [-0.2, -0.15) is 90.2 Å². The van der Waals surface area contributed by atoms with Crippen molar-refractivity contribution in [3.05, 3.63) is 323 Å². The summed E-state index contributed by atoms with van der Waals surface area (Å²) in [6.07, 6.45) is 22.2. The highest BCUT2D eigenvalue weighted by Crippen LogP contribution is 2.36. The number of benzene rings is 9. The van der Waals surface area contributed by atoms with Gasteiger partial charge < -0.3 is 99.8 Å². The van der Waals surface area contributed by atoms with E-state index in [4.69, 9.17) is 32.7 Å². The third kappa shape index (κ3) is 40.2. The van der Waals surface area contributed by atoms with Crippen LogP contribution < -0.4 is 59.7 Å². The lowest BCUT2D eigenvalue weighted by molar-refractivity contribution is -0.140. The van der Waals surface area contributed by atoms with Crippen molar-refractivity contribution in [3.8, 4) is 39.4 Å². The molecular formula is C106H124N18O16S7. The molecule has 6 amide bonds. The molecule has 9 aromatic carbocycles.